The first-order valence-corrected chi connectivity index (χ1v) is 10.2. The van der Waals surface area contributed by atoms with Crippen LogP contribution in [0, 0.1) is 5.82 Å². The Hall–Kier alpha value is -2.12. The monoisotopic (exact) mass is 379 g/mol. The summed E-state index contributed by atoms with van der Waals surface area (Å²) in [7, 11) is -3.57. The minimum atomic E-state index is -3.57. The molecule has 26 heavy (non-hydrogen) atoms. The molecule has 0 bridgehead atoms. The number of ether oxygens (including phenoxy) is 2. The summed E-state index contributed by atoms with van der Waals surface area (Å²) in [6.07, 6.45) is 0.913. The summed E-state index contributed by atoms with van der Waals surface area (Å²) in [6.45, 7) is 4.47. The number of rotatable bonds is 7. The van der Waals surface area contributed by atoms with Gasteiger partial charge in [-0.1, -0.05) is 12.1 Å². The summed E-state index contributed by atoms with van der Waals surface area (Å²) < 4.78 is 51.6. The smallest absolute Gasteiger partial charge is 0.216 e. The van der Waals surface area contributed by atoms with Crippen LogP contribution in [0.2, 0.25) is 0 Å². The topological polar surface area (TPSA) is 64.6 Å². The molecule has 0 radical (unpaired) electrons. The predicted octanol–water partition coefficient (Wildman–Crippen LogP) is 3.17. The molecule has 1 aliphatic rings. The Morgan fingerprint density at radius 1 is 1.27 bits per heavy atom. The van der Waals surface area contributed by atoms with Crippen molar-refractivity contribution < 1.29 is 22.3 Å². The molecular weight excluding hydrogens is 357 g/mol. The molecule has 7 heteroatoms. The summed E-state index contributed by atoms with van der Waals surface area (Å²) in [5.41, 5.74) is 2.32. The van der Waals surface area contributed by atoms with Gasteiger partial charge in [-0.25, -0.2) is 17.5 Å². The van der Waals surface area contributed by atoms with Crippen molar-refractivity contribution in [3.05, 3.63) is 58.9 Å². The van der Waals surface area contributed by atoms with Crippen LogP contribution in [0.1, 0.15) is 30.5 Å². The molecule has 0 unspecified atom stereocenters. The van der Waals surface area contributed by atoms with Gasteiger partial charge in [0.1, 0.15) is 23.4 Å². The highest BCUT2D eigenvalue weighted by Gasteiger charge is 2.22. The van der Waals surface area contributed by atoms with Gasteiger partial charge in [-0.3, -0.25) is 0 Å². The van der Waals surface area contributed by atoms with E-state index in [4.69, 9.17) is 9.47 Å². The maximum absolute atomic E-state index is 13.0. The van der Waals surface area contributed by atoms with Crippen LogP contribution in [-0.2, 0) is 28.7 Å². The zero-order valence-corrected chi connectivity index (χ0v) is 15.6. The maximum Gasteiger partial charge on any atom is 0.216 e. The van der Waals surface area contributed by atoms with Crippen molar-refractivity contribution >= 4 is 10.0 Å². The van der Waals surface area contributed by atoms with E-state index in [1.807, 2.05) is 26.0 Å². The number of sulfonamides is 1. The van der Waals surface area contributed by atoms with Crippen molar-refractivity contribution in [1.29, 1.82) is 0 Å². The molecule has 2 aromatic carbocycles. The lowest BCUT2D eigenvalue weighted by atomic mass is 10.1. The van der Waals surface area contributed by atoms with Gasteiger partial charge in [-0.2, -0.15) is 0 Å². The standard InChI is InChI=1S/C19H22FNO4S/c1-3-24-18-9-15-8-13(2)25-19(15)10-16(18)11-21-26(22,23)12-14-4-6-17(20)7-5-14/h4-7,9-10,13,21H,3,8,11-12H2,1-2H3/t13-/m0/s1. The highest BCUT2D eigenvalue weighted by molar-refractivity contribution is 7.88. The zero-order chi connectivity index (χ0) is 18.7. The maximum atomic E-state index is 13.0. The Bertz CT molecular complexity index is 881. The van der Waals surface area contributed by atoms with Crippen LogP contribution in [-0.4, -0.2) is 21.1 Å². The molecular formula is C19H22FNO4S. The molecule has 5 nitrogen and oxygen atoms in total. The van der Waals surface area contributed by atoms with Gasteiger partial charge in [-0.05, 0) is 43.7 Å². The van der Waals surface area contributed by atoms with Crippen molar-refractivity contribution in [3.63, 3.8) is 0 Å². The Labute approximate surface area is 153 Å². The second-order valence-corrected chi connectivity index (χ2v) is 8.15. The first kappa shape index (κ1) is 18.7. The Morgan fingerprint density at radius 2 is 2.00 bits per heavy atom. The molecule has 2 aromatic rings. The van der Waals surface area contributed by atoms with Gasteiger partial charge in [-0.15, -0.1) is 0 Å². The molecule has 0 saturated carbocycles. The highest BCUT2D eigenvalue weighted by atomic mass is 32.2. The molecule has 1 N–H and O–H groups in total. The summed E-state index contributed by atoms with van der Waals surface area (Å²) >= 11 is 0. The molecule has 0 spiro atoms. The molecule has 0 fully saturated rings. The van der Waals surface area contributed by atoms with Gasteiger partial charge < -0.3 is 9.47 Å². The van der Waals surface area contributed by atoms with E-state index in [9.17, 15) is 12.8 Å². The number of halogens is 1. The van der Waals surface area contributed by atoms with Gasteiger partial charge in [0, 0.05) is 24.1 Å². The van der Waals surface area contributed by atoms with E-state index in [0.29, 0.717) is 17.9 Å². The average Bonchev–Trinajstić information content (AvgIpc) is 2.94. The van der Waals surface area contributed by atoms with E-state index in [1.54, 1.807) is 0 Å². The second kappa shape index (κ2) is 7.63. The van der Waals surface area contributed by atoms with Crippen molar-refractivity contribution in [2.75, 3.05) is 6.61 Å². The zero-order valence-electron chi connectivity index (χ0n) is 14.8. The normalized spacial score (nSPS) is 16.2. The third-order valence-corrected chi connectivity index (χ3v) is 5.43. The van der Waals surface area contributed by atoms with Crippen LogP contribution in [0.3, 0.4) is 0 Å². The molecule has 1 aliphatic heterocycles. The number of benzene rings is 2. The van der Waals surface area contributed by atoms with E-state index in [0.717, 1.165) is 23.3 Å². The molecule has 0 amide bonds. The minimum Gasteiger partial charge on any atom is -0.494 e. The van der Waals surface area contributed by atoms with Crippen LogP contribution in [0.25, 0.3) is 0 Å². The third-order valence-electron chi connectivity index (χ3n) is 4.13. The number of fused-ring (bicyclic) bond motifs is 1. The fourth-order valence-corrected chi connectivity index (χ4v) is 4.06. The van der Waals surface area contributed by atoms with Gasteiger partial charge in [0.25, 0.3) is 0 Å². The Morgan fingerprint density at radius 3 is 2.69 bits per heavy atom. The molecule has 0 saturated heterocycles. The predicted molar refractivity (Wildman–Crippen MR) is 97.3 cm³/mol. The first-order chi connectivity index (χ1) is 12.4. The van der Waals surface area contributed by atoms with Gasteiger partial charge in [0.05, 0.1) is 12.4 Å². The third kappa shape index (κ3) is 4.53. The quantitative estimate of drug-likeness (QED) is 0.803. The lowest BCUT2D eigenvalue weighted by molar-refractivity contribution is 0.254. The van der Waals surface area contributed by atoms with Crippen LogP contribution in [0.15, 0.2) is 36.4 Å². The van der Waals surface area contributed by atoms with Gasteiger partial charge in [0.15, 0.2) is 0 Å². The molecule has 0 aromatic heterocycles. The van der Waals surface area contributed by atoms with E-state index >= 15 is 0 Å². The van der Waals surface area contributed by atoms with Crippen LogP contribution in [0.4, 0.5) is 4.39 Å². The molecule has 3 rings (SSSR count). The SMILES string of the molecule is CCOc1cc2c(cc1CNS(=O)(=O)Cc1ccc(F)cc1)O[C@@H](C)C2. The van der Waals surface area contributed by atoms with E-state index in [2.05, 4.69) is 4.72 Å². The fraction of sp³-hybridized carbons (Fsp3) is 0.368. The summed E-state index contributed by atoms with van der Waals surface area (Å²) in [4.78, 5) is 0. The van der Waals surface area contributed by atoms with Crippen LogP contribution < -0.4 is 14.2 Å². The largest absolute Gasteiger partial charge is 0.494 e. The van der Waals surface area contributed by atoms with Crippen LogP contribution in [0.5, 0.6) is 11.5 Å². The van der Waals surface area contributed by atoms with Crippen molar-refractivity contribution in [2.45, 2.75) is 38.7 Å². The highest BCUT2D eigenvalue weighted by Crippen LogP contribution is 2.35. The summed E-state index contributed by atoms with van der Waals surface area (Å²) in [5, 5.41) is 0. The molecule has 140 valence electrons. The van der Waals surface area contributed by atoms with E-state index in [1.165, 1.54) is 24.3 Å². The first-order valence-electron chi connectivity index (χ1n) is 8.53. The van der Waals surface area contributed by atoms with Gasteiger partial charge >= 0.3 is 0 Å². The van der Waals surface area contributed by atoms with Crippen LogP contribution >= 0.6 is 0 Å². The lowest BCUT2D eigenvalue weighted by Crippen LogP contribution is -2.25. The van der Waals surface area contributed by atoms with Crippen molar-refractivity contribution in [2.24, 2.45) is 0 Å². The molecule has 0 aliphatic carbocycles. The molecule has 1 heterocycles. The fourth-order valence-electron chi connectivity index (χ4n) is 2.95. The van der Waals surface area contributed by atoms with E-state index in [-0.39, 0.29) is 18.4 Å². The summed E-state index contributed by atoms with van der Waals surface area (Å²) in [5.74, 6) is 0.824. The van der Waals surface area contributed by atoms with Crippen molar-refractivity contribution in [3.8, 4) is 11.5 Å². The Balaban J connectivity index is 1.73. The minimum absolute atomic E-state index is 0.101. The lowest BCUT2D eigenvalue weighted by Gasteiger charge is -2.13. The van der Waals surface area contributed by atoms with E-state index < -0.39 is 15.8 Å². The Kier molecular flexibility index (Phi) is 5.48. The number of hydrogen-bond acceptors (Lipinski definition) is 4. The second-order valence-electron chi connectivity index (χ2n) is 6.34. The number of hydrogen-bond donors (Lipinski definition) is 1. The molecule has 1 atom stereocenters. The van der Waals surface area contributed by atoms with Crippen molar-refractivity contribution in [1.82, 2.24) is 4.72 Å². The summed E-state index contributed by atoms with van der Waals surface area (Å²) in [6, 6.07) is 9.18. The van der Waals surface area contributed by atoms with Gasteiger partial charge in [0.2, 0.25) is 10.0 Å². The average molecular weight is 379 g/mol. The number of nitrogens with one attached hydrogen (secondary N) is 1.